The lowest BCUT2D eigenvalue weighted by atomic mass is 9.98. The van der Waals surface area contributed by atoms with Gasteiger partial charge in [0.05, 0.1) is 12.6 Å². The molecule has 1 amide bonds. The van der Waals surface area contributed by atoms with Crippen LogP contribution >= 0.6 is 0 Å². The second kappa shape index (κ2) is 5.63. The van der Waals surface area contributed by atoms with E-state index in [9.17, 15) is 9.59 Å². The Balaban J connectivity index is 2.80. The topological polar surface area (TPSA) is 55.8 Å². The highest BCUT2D eigenvalue weighted by Gasteiger charge is 2.39. The molecule has 19 heavy (non-hydrogen) atoms. The Morgan fingerprint density at radius 2 is 1.95 bits per heavy atom. The van der Waals surface area contributed by atoms with Crippen LogP contribution in [0.4, 0.5) is 4.79 Å². The van der Waals surface area contributed by atoms with Crippen molar-refractivity contribution >= 4 is 12.1 Å². The monoisotopic (exact) mass is 269 g/mol. The standard InChI is InChI=1S/C14H23NO4/c1-13(2,3)19-12(17)15-10-6-8-14(15,4)9-7-11(16)18-5/h7,9H,6,8,10H2,1-5H3/b9-7+. The molecular weight excluding hydrogens is 246 g/mol. The Bertz CT molecular complexity index is 383. The average Bonchev–Trinajstić information content (AvgIpc) is 2.66. The van der Waals surface area contributed by atoms with Crippen molar-refractivity contribution in [2.45, 2.75) is 51.7 Å². The summed E-state index contributed by atoms with van der Waals surface area (Å²) in [5.41, 5.74) is -1.01. The number of carbonyl (C=O) groups is 2. The van der Waals surface area contributed by atoms with E-state index in [0.29, 0.717) is 6.54 Å². The van der Waals surface area contributed by atoms with Gasteiger partial charge in [0.25, 0.3) is 0 Å². The summed E-state index contributed by atoms with van der Waals surface area (Å²) in [6, 6.07) is 0. The molecule has 0 spiro atoms. The van der Waals surface area contributed by atoms with E-state index in [0.717, 1.165) is 12.8 Å². The van der Waals surface area contributed by atoms with Gasteiger partial charge in [0.15, 0.2) is 0 Å². The highest BCUT2D eigenvalue weighted by Crippen LogP contribution is 2.31. The third-order valence-corrected chi connectivity index (χ3v) is 3.07. The first-order chi connectivity index (χ1) is 8.68. The zero-order valence-corrected chi connectivity index (χ0v) is 12.4. The van der Waals surface area contributed by atoms with Gasteiger partial charge in [0.2, 0.25) is 0 Å². The van der Waals surface area contributed by atoms with Gasteiger partial charge in [-0.05, 0) is 40.5 Å². The van der Waals surface area contributed by atoms with Gasteiger partial charge in [0, 0.05) is 12.6 Å². The van der Waals surface area contributed by atoms with Crippen LogP contribution < -0.4 is 0 Å². The summed E-state index contributed by atoms with van der Waals surface area (Å²) in [7, 11) is 1.33. The Labute approximate surface area is 114 Å². The molecule has 0 aromatic carbocycles. The SMILES string of the molecule is COC(=O)/C=C/C1(C)CCCN1C(=O)OC(C)(C)C. The molecule has 1 atom stereocenters. The normalized spacial score (nSPS) is 23.7. The van der Waals surface area contributed by atoms with Crippen LogP contribution in [0.15, 0.2) is 12.2 Å². The number of hydrogen-bond acceptors (Lipinski definition) is 4. The number of carbonyl (C=O) groups excluding carboxylic acids is 2. The lowest BCUT2D eigenvalue weighted by molar-refractivity contribution is -0.134. The number of nitrogens with zero attached hydrogens (tertiary/aromatic N) is 1. The molecule has 5 heteroatoms. The largest absolute Gasteiger partial charge is 0.466 e. The molecule has 0 saturated carbocycles. The van der Waals surface area contributed by atoms with Crippen molar-refractivity contribution in [1.29, 1.82) is 0 Å². The first-order valence-corrected chi connectivity index (χ1v) is 6.46. The van der Waals surface area contributed by atoms with E-state index in [1.54, 1.807) is 11.0 Å². The zero-order chi connectivity index (χ0) is 14.7. The minimum absolute atomic E-state index is 0.345. The van der Waals surface area contributed by atoms with Crippen LogP contribution in [0.3, 0.4) is 0 Å². The van der Waals surface area contributed by atoms with Crippen molar-refractivity contribution in [3.05, 3.63) is 12.2 Å². The number of likely N-dealkylation sites (tertiary alicyclic amines) is 1. The molecule has 0 aromatic rings. The van der Waals surface area contributed by atoms with Gasteiger partial charge in [-0.2, -0.15) is 0 Å². The average molecular weight is 269 g/mol. The van der Waals surface area contributed by atoms with Crippen LogP contribution in [-0.2, 0) is 14.3 Å². The molecule has 1 fully saturated rings. The molecule has 1 unspecified atom stereocenters. The summed E-state index contributed by atoms with van der Waals surface area (Å²) in [5, 5.41) is 0. The highest BCUT2D eigenvalue weighted by atomic mass is 16.6. The molecular formula is C14H23NO4. The van der Waals surface area contributed by atoms with E-state index in [1.807, 2.05) is 27.7 Å². The molecule has 1 rings (SSSR count). The quantitative estimate of drug-likeness (QED) is 0.571. The van der Waals surface area contributed by atoms with Gasteiger partial charge < -0.3 is 9.47 Å². The molecule has 5 nitrogen and oxygen atoms in total. The van der Waals surface area contributed by atoms with Crippen LogP contribution in [0.1, 0.15) is 40.5 Å². The van der Waals surface area contributed by atoms with Gasteiger partial charge in [-0.15, -0.1) is 0 Å². The van der Waals surface area contributed by atoms with Gasteiger partial charge in [0.1, 0.15) is 5.60 Å². The van der Waals surface area contributed by atoms with E-state index in [-0.39, 0.29) is 6.09 Å². The lowest BCUT2D eigenvalue weighted by Crippen LogP contribution is -2.46. The van der Waals surface area contributed by atoms with Gasteiger partial charge in [-0.25, -0.2) is 9.59 Å². The maximum atomic E-state index is 12.1. The van der Waals surface area contributed by atoms with Gasteiger partial charge in [-0.1, -0.05) is 6.08 Å². The fourth-order valence-electron chi connectivity index (χ4n) is 2.09. The number of hydrogen-bond donors (Lipinski definition) is 0. The molecule has 0 aromatic heterocycles. The molecule has 1 aliphatic rings. The second-order valence-corrected chi connectivity index (χ2v) is 5.95. The molecule has 0 N–H and O–H groups in total. The molecule has 108 valence electrons. The Morgan fingerprint density at radius 1 is 1.32 bits per heavy atom. The van der Waals surface area contributed by atoms with E-state index in [2.05, 4.69) is 4.74 Å². The minimum Gasteiger partial charge on any atom is -0.466 e. The smallest absolute Gasteiger partial charge is 0.410 e. The Hall–Kier alpha value is -1.52. The second-order valence-electron chi connectivity index (χ2n) is 5.95. The van der Waals surface area contributed by atoms with Gasteiger partial charge >= 0.3 is 12.1 Å². The first-order valence-electron chi connectivity index (χ1n) is 6.46. The molecule has 0 bridgehead atoms. The van der Waals surface area contributed by atoms with E-state index in [1.165, 1.54) is 13.2 Å². The molecule has 1 aliphatic heterocycles. The van der Waals surface area contributed by atoms with Crippen molar-refractivity contribution in [1.82, 2.24) is 4.90 Å². The minimum atomic E-state index is -0.521. The van der Waals surface area contributed by atoms with Crippen molar-refractivity contribution in [2.24, 2.45) is 0 Å². The predicted molar refractivity (Wildman–Crippen MR) is 71.7 cm³/mol. The van der Waals surface area contributed by atoms with Crippen LogP contribution in [-0.4, -0.2) is 41.8 Å². The lowest BCUT2D eigenvalue weighted by Gasteiger charge is -2.34. The van der Waals surface area contributed by atoms with Crippen molar-refractivity contribution < 1.29 is 19.1 Å². The van der Waals surface area contributed by atoms with E-state index < -0.39 is 17.1 Å². The third-order valence-electron chi connectivity index (χ3n) is 3.07. The Morgan fingerprint density at radius 3 is 2.47 bits per heavy atom. The maximum Gasteiger partial charge on any atom is 0.410 e. The number of rotatable bonds is 2. The summed E-state index contributed by atoms with van der Waals surface area (Å²) in [6.45, 7) is 8.06. The number of esters is 1. The van der Waals surface area contributed by atoms with Crippen molar-refractivity contribution in [3.63, 3.8) is 0 Å². The number of ether oxygens (including phenoxy) is 2. The number of methoxy groups -OCH3 is 1. The zero-order valence-electron chi connectivity index (χ0n) is 12.4. The summed E-state index contributed by atoms with van der Waals surface area (Å²) >= 11 is 0. The third kappa shape index (κ3) is 4.26. The number of amides is 1. The molecule has 1 heterocycles. The Kier molecular flexibility index (Phi) is 4.61. The van der Waals surface area contributed by atoms with Crippen LogP contribution in [0.5, 0.6) is 0 Å². The van der Waals surface area contributed by atoms with Crippen LogP contribution in [0, 0.1) is 0 Å². The van der Waals surface area contributed by atoms with Crippen molar-refractivity contribution in [2.75, 3.05) is 13.7 Å². The molecule has 1 saturated heterocycles. The first kappa shape index (κ1) is 15.5. The highest BCUT2D eigenvalue weighted by molar-refractivity contribution is 5.82. The van der Waals surface area contributed by atoms with Gasteiger partial charge in [-0.3, -0.25) is 4.90 Å². The van der Waals surface area contributed by atoms with Crippen molar-refractivity contribution in [3.8, 4) is 0 Å². The summed E-state index contributed by atoms with van der Waals surface area (Å²) in [4.78, 5) is 25.0. The predicted octanol–water partition coefficient (Wildman–Crippen LogP) is 2.51. The van der Waals surface area contributed by atoms with Crippen LogP contribution in [0.25, 0.3) is 0 Å². The molecule has 0 radical (unpaired) electrons. The molecule has 0 aliphatic carbocycles. The maximum absolute atomic E-state index is 12.1. The summed E-state index contributed by atoms with van der Waals surface area (Å²) in [5.74, 6) is -0.419. The van der Waals surface area contributed by atoms with E-state index in [4.69, 9.17) is 4.74 Å². The fraction of sp³-hybridized carbons (Fsp3) is 0.714. The summed E-state index contributed by atoms with van der Waals surface area (Å²) in [6.07, 6.45) is 4.43. The van der Waals surface area contributed by atoms with Crippen LogP contribution in [0.2, 0.25) is 0 Å². The summed E-state index contributed by atoms with van der Waals surface area (Å²) < 4.78 is 9.96. The van der Waals surface area contributed by atoms with E-state index >= 15 is 0 Å². The fourth-order valence-corrected chi connectivity index (χ4v) is 2.09.